The Labute approximate surface area is 118 Å². The third kappa shape index (κ3) is 2.55. The molecule has 0 saturated heterocycles. The Kier molecular flexibility index (Phi) is 3.32. The van der Waals surface area contributed by atoms with E-state index in [9.17, 15) is 0 Å². The van der Waals surface area contributed by atoms with Crippen molar-refractivity contribution in [2.24, 2.45) is 0 Å². The molecule has 0 aliphatic carbocycles. The van der Waals surface area contributed by atoms with Crippen molar-refractivity contribution in [3.8, 4) is 0 Å². The first-order valence-corrected chi connectivity index (χ1v) is 7.43. The lowest BCUT2D eigenvalue weighted by atomic mass is 10.1. The van der Waals surface area contributed by atoms with Crippen LogP contribution in [-0.4, -0.2) is 21.4 Å². The monoisotopic (exact) mass is 324 g/mol. The van der Waals surface area contributed by atoms with Crippen LogP contribution in [0.4, 0.5) is 5.95 Å². The molecule has 1 aliphatic heterocycles. The maximum Gasteiger partial charge on any atom is 0.220 e. The van der Waals surface area contributed by atoms with Crippen molar-refractivity contribution < 1.29 is 0 Å². The number of anilines is 1. The van der Waals surface area contributed by atoms with Gasteiger partial charge in [-0.2, -0.15) is 0 Å². The summed E-state index contributed by atoms with van der Waals surface area (Å²) < 4.78 is 1.16. The van der Waals surface area contributed by atoms with Crippen LogP contribution < -0.4 is 5.73 Å². The fourth-order valence-corrected chi connectivity index (χ4v) is 3.67. The number of halogens is 1. The van der Waals surface area contributed by atoms with Gasteiger partial charge in [-0.15, -0.1) is 11.3 Å². The van der Waals surface area contributed by atoms with E-state index < -0.39 is 0 Å². The number of fused-ring (bicyclic) bond motifs is 1. The van der Waals surface area contributed by atoms with E-state index in [0.29, 0.717) is 5.95 Å². The lowest BCUT2D eigenvalue weighted by Gasteiger charge is -2.27. The zero-order valence-electron chi connectivity index (χ0n) is 9.77. The third-order valence-corrected chi connectivity index (χ3v) is 4.72. The van der Waals surface area contributed by atoms with Gasteiger partial charge in [0.25, 0.3) is 0 Å². The number of aromatic nitrogens is 2. The van der Waals surface area contributed by atoms with Gasteiger partial charge < -0.3 is 5.73 Å². The highest BCUT2D eigenvalue weighted by Gasteiger charge is 2.18. The average molecular weight is 325 g/mol. The van der Waals surface area contributed by atoms with Crippen LogP contribution in [0, 0.1) is 0 Å². The SMILES string of the molecule is Nc1ncc2c(n1)CCN(Cc1cc(Br)cs1)C2. The lowest BCUT2D eigenvalue weighted by molar-refractivity contribution is 0.245. The summed E-state index contributed by atoms with van der Waals surface area (Å²) in [6.45, 7) is 2.92. The predicted octanol–water partition coefficient (Wildman–Crippen LogP) is 2.44. The Morgan fingerprint density at radius 1 is 1.50 bits per heavy atom. The second-order valence-electron chi connectivity index (χ2n) is 4.39. The number of thiophene rings is 1. The Morgan fingerprint density at radius 3 is 3.17 bits per heavy atom. The molecule has 2 aromatic rings. The third-order valence-electron chi connectivity index (χ3n) is 3.03. The van der Waals surface area contributed by atoms with E-state index in [1.165, 1.54) is 10.4 Å². The van der Waals surface area contributed by atoms with E-state index in [1.54, 1.807) is 11.3 Å². The molecule has 0 saturated carbocycles. The van der Waals surface area contributed by atoms with Gasteiger partial charge in [-0.3, -0.25) is 4.90 Å². The summed E-state index contributed by atoms with van der Waals surface area (Å²) in [6.07, 6.45) is 2.81. The van der Waals surface area contributed by atoms with E-state index in [1.807, 2.05) is 6.20 Å². The summed E-state index contributed by atoms with van der Waals surface area (Å²) in [6, 6.07) is 2.18. The molecule has 0 unspecified atom stereocenters. The molecule has 0 amide bonds. The van der Waals surface area contributed by atoms with E-state index in [4.69, 9.17) is 5.73 Å². The molecule has 0 aromatic carbocycles. The fourth-order valence-electron chi connectivity index (χ4n) is 2.18. The van der Waals surface area contributed by atoms with Crippen LogP contribution in [0.3, 0.4) is 0 Å². The van der Waals surface area contributed by atoms with Crippen LogP contribution >= 0.6 is 27.3 Å². The van der Waals surface area contributed by atoms with E-state index in [0.717, 1.165) is 36.2 Å². The quantitative estimate of drug-likeness (QED) is 0.921. The molecule has 4 nitrogen and oxygen atoms in total. The summed E-state index contributed by atoms with van der Waals surface area (Å²) in [5.74, 6) is 0.379. The van der Waals surface area contributed by atoms with Gasteiger partial charge in [0.2, 0.25) is 5.95 Å². The normalized spacial score (nSPS) is 15.6. The molecule has 2 aromatic heterocycles. The number of nitrogens with zero attached hydrogens (tertiary/aromatic N) is 3. The zero-order valence-corrected chi connectivity index (χ0v) is 12.2. The molecule has 1 aliphatic rings. The van der Waals surface area contributed by atoms with Crippen molar-refractivity contribution in [1.82, 2.24) is 14.9 Å². The Bertz CT molecular complexity index is 569. The fraction of sp³-hybridized carbons (Fsp3) is 0.333. The Balaban J connectivity index is 1.73. The largest absolute Gasteiger partial charge is 0.368 e. The molecule has 0 atom stereocenters. The number of rotatable bonds is 2. The summed E-state index contributed by atoms with van der Waals surface area (Å²) in [7, 11) is 0. The minimum Gasteiger partial charge on any atom is -0.368 e. The molecular formula is C12H13BrN4S. The highest BCUT2D eigenvalue weighted by atomic mass is 79.9. The summed E-state index contributed by atoms with van der Waals surface area (Å²) >= 11 is 5.28. The van der Waals surface area contributed by atoms with Crippen molar-refractivity contribution in [2.45, 2.75) is 19.5 Å². The van der Waals surface area contributed by atoms with Crippen LogP contribution in [0.15, 0.2) is 22.1 Å². The standard InChI is InChI=1S/C12H13BrN4S/c13-9-3-10(18-7-9)6-17-2-1-11-8(5-17)4-15-12(14)16-11/h3-4,7H,1-2,5-6H2,(H2,14,15,16). The number of hydrogen-bond donors (Lipinski definition) is 1. The number of hydrogen-bond acceptors (Lipinski definition) is 5. The maximum atomic E-state index is 5.60. The molecule has 6 heteroatoms. The van der Waals surface area contributed by atoms with Crippen molar-refractivity contribution in [1.29, 1.82) is 0 Å². The molecule has 0 spiro atoms. The van der Waals surface area contributed by atoms with E-state index in [2.05, 4.69) is 42.2 Å². The molecule has 3 heterocycles. The molecule has 0 bridgehead atoms. The van der Waals surface area contributed by atoms with Gasteiger partial charge in [0, 0.05) is 52.5 Å². The molecule has 2 N–H and O–H groups in total. The van der Waals surface area contributed by atoms with Gasteiger partial charge in [0.05, 0.1) is 5.69 Å². The van der Waals surface area contributed by atoms with Gasteiger partial charge in [0.15, 0.2) is 0 Å². The van der Waals surface area contributed by atoms with Crippen molar-refractivity contribution in [2.75, 3.05) is 12.3 Å². The van der Waals surface area contributed by atoms with Crippen molar-refractivity contribution in [3.05, 3.63) is 38.3 Å². The molecule has 18 heavy (non-hydrogen) atoms. The Morgan fingerprint density at radius 2 is 2.39 bits per heavy atom. The minimum absolute atomic E-state index is 0.379. The van der Waals surface area contributed by atoms with Crippen LogP contribution in [0.1, 0.15) is 16.1 Å². The first kappa shape index (κ1) is 12.1. The smallest absolute Gasteiger partial charge is 0.220 e. The van der Waals surface area contributed by atoms with E-state index >= 15 is 0 Å². The highest BCUT2D eigenvalue weighted by Crippen LogP contribution is 2.24. The summed E-state index contributed by atoms with van der Waals surface area (Å²) in [5, 5.41) is 2.12. The summed E-state index contributed by atoms with van der Waals surface area (Å²) in [4.78, 5) is 12.2. The summed E-state index contributed by atoms with van der Waals surface area (Å²) in [5.41, 5.74) is 7.91. The Hall–Kier alpha value is -0.980. The predicted molar refractivity (Wildman–Crippen MR) is 76.3 cm³/mol. The van der Waals surface area contributed by atoms with E-state index in [-0.39, 0.29) is 0 Å². The number of nitrogen functional groups attached to an aromatic ring is 1. The molecule has 3 rings (SSSR count). The molecule has 0 fully saturated rings. The molecular weight excluding hydrogens is 312 g/mol. The highest BCUT2D eigenvalue weighted by molar-refractivity contribution is 9.10. The van der Waals surface area contributed by atoms with Crippen LogP contribution in [0.25, 0.3) is 0 Å². The second-order valence-corrected chi connectivity index (χ2v) is 6.30. The minimum atomic E-state index is 0.379. The first-order valence-electron chi connectivity index (χ1n) is 5.76. The average Bonchev–Trinajstić information content (AvgIpc) is 2.75. The van der Waals surface area contributed by atoms with Crippen LogP contribution in [-0.2, 0) is 19.5 Å². The van der Waals surface area contributed by atoms with Gasteiger partial charge in [-0.1, -0.05) is 0 Å². The van der Waals surface area contributed by atoms with Crippen molar-refractivity contribution in [3.63, 3.8) is 0 Å². The van der Waals surface area contributed by atoms with Crippen LogP contribution in [0.5, 0.6) is 0 Å². The topological polar surface area (TPSA) is 55.0 Å². The molecule has 0 radical (unpaired) electrons. The van der Waals surface area contributed by atoms with Crippen LogP contribution in [0.2, 0.25) is 0 Å². The van der Waals surface area contributed by atoms with Gasteiger partial charge >= 0.3 is 0 Å². The van der Waals surface area contributed by atoms with Crippen molar-refractivity contribution >= 4 is 33.2 Å². The zero-order chi connectivity index (χ0) is 12.5. The molecule has 94 valence electrons. The lowest BCUT2D eigenvalue weighted by Crippen LogP contribution is -2.30. The van der Waals surface area contributed by atoms with Gasteiger partial charge in [-0.05, 0) is 22.0 Å². The first-order chi connectivity index (χ1) is 8.70. The second kappa shape index (κ2) is 4.95. The van der Waals surface area contributed by atoms with Gasteiger partial charge in [-0.25, -0.2) is 9.97 Å². The van der Waals surface area contributed by atoms with Gasteiger partial charge in [0.1, 0.15) is 0 Å². The number of nitrogens with two attached hydrogens (primary N) is 1. The maximum absolute atomic E-state index is 5.60.